The van der Waals surface area contributed by atoms with Gasteiger partial charge in [-0.1, -0.05) is 22.0 Å². The SMILES string of the molecule is CC(=O)c1c(F)cccc1Oc1ccc(Br)cc1C. The van der Waals surface area contributed by atoms with Crippen molar-refractivity contribution in [3.63, 3.8) is 0 Å². The number of halogens is 2. The van der Waals surface area contributed by atoms with Crippen molar-refractivity contribution in [2.75, 3.05) is 0 Å². The van der Waals surface area contributed by atoms with Gasteiger partial charge in [0.15, 0.2) is 5.78 Å². The summed E-state index contributed by atoms with van der Waals surface area (Å²) in [6.07, 6.45) is 0. The van der Waals surface area contributed by atoms with E-state index in [9.17, 15) is 9.18 Å². The van der Waals surface area contributed by atoms with Crippen molar-refractivity contribution in [1.29, 1.82) is 0 Å². The largest absolute Gasteiger partial charge is 0.456 e. The summed E-state index contributed by atoms with van der Waals surface area (Å²) in [5.41, 5.74) is 0.873. The van der Waals surface area contributed by atoms with Crippen LogP contribution in [0.2, 0.25) is 0 Å². The van der Waals surface area contributed by atoms with E-state index in [0.717, 1.165) is 10.0 Å². The van der Waals surface area contributed by atoms with Crippen molar-refractivity contribution in [1.82, 2.24) is 0 Å². The fourth-order valence-electron chi connectivity index (χ4n) is 1.78. The minimum atomic E-state index is -0.570. The lowest BCUT2D eigenvalue weighted by Gasteiger charge is -2.12. The maximum absolute atomic E-state index is 13.7. The second-order valence-corrected chi connectivity index (χ2v) is 5.10. The van der Waals surface area contributed by atoms with Crippen LogP contribution in [0.15, 0.2) is 40.9 Å². The number of carbonyl (C=O) groups is 1. The van der Waals surface area contributed by atoms with Gasteiger partial charge in [0.1, 0.15) is 17.3 Å². The van der Waals surface area contributed by atoms with Crippen LogP contribution in [0.3, 0.4) is 0 Å². The maximum atomic E-state index is 13.7. The van der Waals surface area contributed by atoms with E-state index in [0.29, 0.717) is 5.75 Å². The molecule has 2 nitrogen and oxygen atoms in total. The summed E-state index contributed by atoms with van der Waals surface area (Å²) in [4.78, 5) is 11.5. The first-order valence-electron chi connectivity index (χ1n) is 5.72. The molecule has 4 heteroatoms. The number of ether oxygens (including phenoxy) is 1. The van der Waals surface area contributed by atoms with Crippen LogP contribution in [0.1, 0.15) is 22.8 Å². The first-order chi connectivity index (χ1) is 8.99. The Morgan fingerprint density at radius 3 is 2.58 bits per heavy atom. The normalized spacial score (nSPS) is 10.3. The molecule has 0 aromatic heterocycles. The number of hydrogen-bond donors (Lipinski definition) is 0. The third-order valence-electron chi connectivity index (χ3n) is 2.68. The predicted molar refractivity (Wildman–Crippen MR) is 75.4 cm³/mol. The summed E-state index contributed by atoms with van der Waals surface area (Å²) in [5, 5.41) is 0. The van der Waals surface area contributed by atoms with Gasteiger partial charge in [0.2, 0.25) is 0 Å². The maximum Gasteiger partial charge on any atom is 0.166 e. The van der Waals surface area contributed by atoms with Gasteiger partial charge in [-0.2, -0.15) is 0 Å². The summed E-state index contributed by atoms with van der Waals surface area (Å²) in [7, 11) is 0. The predicted octanol–water partition coefficient (Wildman–Crippen LogP) is 4.89. The highest BCUT2D eigenvalue weighted by Gasteiger charge is 2.15. The number of benzene rings is 2. The smallest absolute Gasteiger partial charge is 0.166 e. The molecule has 0 bridgehead atoms. The molecule has 0 fully saturated rings. The van der Waals surface area contributed by atoms with Gasteiger partial charge in [0, 0.05) is 4.47 Å². The van der Waals surface area contributed by atoms with Gasteiger partial charge < -0.3 is 4.74 Å². The quantitative estimate of drug-likeness (QED) is 0.752. The van der Waals surface area contributed by atoms with Gasteiger partial charge in [-0.3, -0.25) is 4.79 Å². The molecule has 0 spiro atoms. The minimum Gasteiger partial charge on any atom is -0.456 e. The number of ketones is 1. The molecule has 0 aliphatic rings. The van der Waals surface area contributed by atoms with E-state index < -0.39 is 5.82 Å². The first kappa shape index (κ1) is 13.7. The van der Waals surface area contributed by atoms with Crippen molar-refractivity contribution in [3.05, 3.63) is 57.8 Å². The van der Waals surface area contributed by atoms with E-state index >= 15 is 0 Å². The van der Waals surface area contributed by atoms with E-state index in [1.165, 1.54) is 19.1 Å². The highest BCUT2D eigenvalue weighted by molar-refractivity contribution is 9.10. The summed E-state index contributed by atoms with van der Waals surface area (Å²) in [6.45, 7) is 3.20. The second-order valence-electron chi connectivity index (χ2n) is 4.18. The van der Waals surface area contributed by atoms with E-state index in [4.69, 9.17) is 4.74 Å². The van der Waals surface area contributed by atoms with Crippen molar-refractivity contribution in [2.45, 2.75) is 13.8 Å². The molecule has 2 rings (SSSR count). The molecule has 0 amide bonds. The average Bonchev–Trinajstić information content (AvgIpc) is 2.32. The van der Waals surface area contributed by atoms with E-state index in [2.05, 4.69) is 15.9 Å². The molecule has 0 N–H and O–H groups in total. The zero-order chi connectivity index (χ0) is 14.0. The van der Waals surface area contributed by atoms with Crippen molar-refractivity contribution < 1.29 is 13.9 Å². The summed E-state index contributed by atoms with van der Waals surface area (Å²) < 4.78 is 20.2. The molecule has 0 atom stereocenters. The van der Waals surface area contributed by atoms with Crippen molar-refractivity contribution >= 4 is 21.7 Å². The lowest BCUT2D eigenvalue weighted by atomic mass is 10.1. The monoisotopic (exact) mass is 322 g/mol. The standard InChI is InChI=1S/C15H12BrFO2/c1-9-8-11(16)6-7-13(9)19-14-5-3-4-12(17)15(14)10(2)18/h3-8H,1-2H3. The van der Waals surface area contributed by atoms with Crippen LogP contribution in [0.25, 0.3) is 0 Å². The average molecular weight is 323 g/mol. The molecule has 0 saturated carbocycles. The Labute approximate surface area is 119 Å². The molecule has 98 valence electrons. The number of hydrogen-bond acceptors (Lipinski definition) is 2. The Bertz CT molecular complexity index is 638. The van der Waals surface area contributed by atoms with Crippen molar-refractivity contribution in [3.8, 4) is 11.5 Å². The summed E-state index contributed by atoms with van der Waals surface area (Å²) in [6, 6.07) is 9.84. The number of aryl methyl sites for hydroxylation is 1. The highest BCUT2D eigenvalue weighted by Crippen LogP contribution is 2.30. The zero-order valence-electron chi connectivity index (χ0n) is 10.5. The highest BCUT2D eigenvalue weighted by atomic mass is 79.9. The third-order valence-corrected chi connectivity index (χ3v) is 3.18. The third kappa shape index (κ3) is 3.01. The van der Waals surface area contributed by atoms with Gasteiger partial charge in [0.25, 0.3) is 0 Å². The van der Waals surface area contributed by atoms with E-state index in [-0.39, 0.29) is 17.1 Å². The van der Waals surface area contributed by atoms with Gasteiger partial charge >= 0.3 is 0 Å². The Kier molecular flexibility index (Phi) is 4.00. The van der Waals surface area contributed by atoms with Crippen LogP contribution in [0, 0.1) is 12.7 Å². The molecule has 0 saturated heterocycles. The van der Waals surface area contributed by atoms with Gasteiger partial charge in [-0.15, -0.1) is 0 Å². The fourth-order valence-corrected chi connectivity index (χ4v) is 2.25. The van der Waals surface area contributed by atoms with Crippen LogP contribution in [-0.4, -0.2) is 5.78 Å². The van der Waals surface area contributed by atoms with Crippen LogP contribution in [0.4, 0.5) is 4.39 Å². The molecule has 0 unspecified atom stereocenters. The number of rotatable bonds is 3. The van der Waals surface area contributed by atoms with Crippen LogP contribution in [-0.2, 0) is 0 Å². The number of Topliss-reactive ketones (excluding diaryl/α,β-unsaturated/α-hetero) is 1. The lowest BCUT2D eigenvalue weighted by molar-refractivity contribution is 0.101. The fraction of sp³-hybridized carbons (Fsp3) is 0.133. The Balaban J connectivity index is 2.44. The molecule has 0 aliphatic heterocycles. The second kappa shape index (κ2) is 5.53. The molecule has 2 aromatic carbocycles. The minimum absolute atomic E-state index is 0.0233. The van der Waals surface area contributed by atoms with Crippen LogP contribution in [0.5, 0.6) is 11.5 Å². The van der Waals surface area contributed by atoms with Gasteiger partial charge in [-0.25, -0.2) is 4.39 Å². The lowest BCUT2D eigenvalue weighted by Crippen LogP contribution is -2.01. The number of carbonyl (C=O) groups excluding carboxylic acids is 1. The Morgan fingerprint density at radius 1 is 1.21 bits per heavy atom. The molecule has 0 radical (unpaired) electrons. The Morgan fingerprint density at radius 2 is 1.95 bits per heavy atom. The molecular weight excluding hydrogens is 311 g/mol. The zero-order valence-corrected chi connectivity index (χ0v) is 12.1. The van der Waals surface area contributed by atoms with E-state index in [1.807, 2.05) is 19.1 Å². The molecule has 2 aromatic rings. The first-order valence-corrected chi connectivity index (χ1v) is 6.52. The van der Waals surface area contributed by atoms with Crippen molar-refractivity contribution in [2.24, 2.45) is 0 Å². The topological polar surface area (TPSA) is 26.3 Å². The molecule has 0 aliphatic carbocycles. The van der Waals surface area contributed by atoms with Crippen LogP contribution < -0.4 is 4.74 Å². The summed E-state index contributed by atoms with van der Waals surface area (Å²) >= 11 is 3.36. The molecule has 0 heterocycles. The van der Waals surface area contributed by atoms with E-state index in [1.54, 1.807) is 12.1 Å². The van der Waals surface area contributed by atoms with Crippen LogP contribution >= 0.6 is 15.9 Å². The van der Waals surface area contributed by atoms with Gasteiger partial charge in [0.05, 0.1) is 5.56 Å². The summed E-state index contributed by atoms with van der Waals surface area (Å²) in [5.74, 6) is -0.100. The van der Waals surface area contributed by atoms with Gasteiger partial charge in [-0.05, 0) is 49.7 Å². The molecular formula is C15H12BrFO2. The Hall–Kier alpha value is -1.68. The molecule has 19 heavy (non-hydrogen) atoms.